The van der Waals surface area contributed by atoms with Gasteiger partial charge in [0.1, 0.15) is 10.8 Å². The molecule has 2 atom stereocenters. The standard InChI is InChI=1S/C25H21ClO5S/c1-14-4-10-20(11-5-14)32-22-21(26)24(28)31-25(22)30-23(27)15(2)16-6-7-18-13-19(29-3)9-8-17(18)12-16/h4-13,15,25H,1-3H3/t15-,25+/m0/s1. The number of hydrogen-bond acceptors (Lipinski definition) is 6. The maximum absolute atomic E-state index is 12.9. The van der Waals surface area contributed by atoms with Crippen LogP contribution in [0.15, 0.2) is 75.5 Å². The molecule has 32 heavy (non-hydrogen) atoms. The van der Waals surface area contributed by atoms with Crippen molar-refractivity contribution in [2.24, 2.45) is 0 Å². The van der Waals surface area contributed by atoms with E-state index in [-0.39, 0.29) is 5.03 Å². The second-order valence-corrected chi connectivity index (χ2v) is 8.95. The van der Waals surface area contributed by atoms with Gasteiger partial charge in [0.15, 0.2) is 0 Å². The zero-order valence-corrected chi connectivity index (χ0v) is 19.3. The Morgan fingerprint density at radius 1 is 1.06 bits per heavy atom. The molecule has 0 amide bonds. The molecule has 0 aromatic heterocycles. The van der Waals surface area contributed by atoms with Crippen LogP contribution in [0.4, 0.5) is 0 Å². The predicted octanol–water partition coefficient (Wildman–Crippen LogP) is 5.93. The normalized spacial score (nSPS) is 16.8. The minimum Gasteiger partial charge on any atom is -0.497 e. The lowest BCUT2D eigenvalue weighted by atomic mass is 9.98. The van der Waals surface area contributed by atoms with E-state index in [9.17, 15) is 9.59 Å². The van der Waals surface area contributed by atoms with Crippen LogP contribution in [0.3, 0.4) is 0 Å². The van der Waals surface area contributed by atoms with Crippen LogP contribution in [0.1, 0.15) is 24.0 Å². The van der Waals surface area contributed by atoms with Crippen LogP contribution in [-0.2, 0) is 19.1 Å². The van der Waals surface area contributed by atoms with Crippen molar-refractivity contribution in [2.75, 3.05) is 7.11 Å². The molecule has 1 aliphatic rings. The summed E-state index contributed by atoms with van der Waals surface area (Å²) < 4.78 is 16.0. The average Bonchev–Trinajstić information content (AvgIpc) is 3.06. The summed E-state index contributed by atoms with van der Waals surface area (Å²) in [5, 5.41) is 1.92. The number of rotatable bonds is 6. The molecule has 0 saturated heterocycles. The number of methoxy groups -OCH3 is 1. The minimum atomic E-state index is -1.17. The maximum atomic E-state index is 12.9. The average molecular weight is 469 g/mol. The van der Waals surface area contributed by atoms with Gasteiger partial charge in [-0.25, -0.2) is 4.79 Å². The Hall–Kier alpha value is -2.96. The molecule has 0 unspecified atom stereocenters. The van der Waals surface area contributed by atoms with Crippen LogP contribution >= 0.6 is 23.4 Å². The highest BCUT2D eigenvalue weighted by molar-refractivity contribution is 8.03. The Kier molecular flexibility index (Phi) is 6.44. The first kappa shape index (κ1) is 22.2. The topological polar surface area (TPSA) is 61.8 Å². The number of benzene rings is 3. The molecule has 0 N–H and O–H groups in total. The van der Waals surface area contributed by atoms with Crippen molar-refractivity contribution in [3.63, 3.8) is 0 Å². The van der Waals surface area contributed by atoms with Gasteiger partial charge in [-0.15, -0.1) is 0 Å². The Balaban J connectivity index is 1.51. The Bertz CT molecular complexity index is 1220. The third-order valence-electron chi connectivity index (χ3n) is 5.22. The lowest BCUT2D eigenvalue weighted by molar-refractivity contribution is -0.174. The fourth-order valence-electron chi connectivity index (χ4n) is 3.29. The van der Waals surface area contributed by atoms with E-state index >= 15 is 0 Å². The number of ether oxygens (including phenoxy) is 3. The van der Waals surface area contributed by atoms with Gasteiger partial charge in [-0.3, -0.25) is 4.79 Å². The van der Waals surface area contributed by atoms with E-state index in [0.29, 0.717) is 4.91 Å². The van der Waals surface area contributed by atoms with E-state index in [2.05, 4.69) is 0 Å². The first-order valence-electron chi connectivity index (χ1n) is 9.99. The van der Waals surface area contributed by atoms with Crippen LogP contribution in [0.25, 0.3) is 10.8 Å². The summed E-state index contributed by atoms with van der Waals surface area (Å²) in [6.07, 6.45) is -1.17. The van der Waals surface area contributed by atoms with Crippen molar-refractivity contribution in [3.8, 4) is 5.75 Å². The van der Waals surface area contributed by atoms with Crippen molar-refractivity contribution in [1.29, 1.82) is 0 Å². The van der Waals surface area contributed by atoms with E-state index in [1.54, 1.807) is 14.0 Å². The summed E-state index contributed by atoms with van der Waals surface area (Å²) in [5.41, 5.74) is 1.90. The highest BCUT2D eigenvalue weighted by Crippen LogP contribution is 2.40. The molecule has 3 aromatic carbocycles. The zero-order valence-electron chi connectivity index (χ0n) is 17.8. The van der Waals surface area contributed by atoms with E-state index in [4.69, 9.17) is 25.8 Å². The van der Waals surface area contributed by atoms with Crippen molar-refractivity contribution < 1.29 is 23.8 Å². The van der Waals surface area contributed by atoms with Gasteiger partial charge in [0.05, 0.1) is 17.9 Å². The number of hydrogen-bond donors (Lipinski definition) is 0. The Morgan fingerprint density at radius 2 is 1.75 bits per heavy atom. The molecule has 0 spiro atoms. The Labute approximate surface area is 195 Å². The molecule has 0 radical (unpaired) electrons. The summed E-state index contributed by atoms with van der Waals surface area (Å²) in [4.78, 5) is 26.1. The number of carbonyl (C=O) groups is 2. The van der Waals surface area contributed by atoms with Gasteiger partial charge in [0.2, 0.25) is 0 Å². The number of thioether (sulfide) groups is 1. The first-order valence-corrected chi connectivity index (χ1v) is 11.2. The molecular formula is C25H21ClO5S. The smallest absolute Gasteiger partial charge is 0.354 e. The van der Waals surface area contributed by atoms with Crippen LogP contribution in [0.2, 0.25) is 0 Å². The highest BCUT2D eigenvalue weighted by atomic mass is 35.5. The second-order valence-electron chi connectivity index (χ2n) is 7.46. The molecule has 1 heterocycles. The molecule has 1 aliphatic heterocycles. The SMILES string of the molecule is COc1ccc2cc([C@H](C)C(=O)O[C@@H]3OC(=O)C(Cl)=C3Sc3ccc(C)cc3)ccc2c1. The molecule has 0 aliphatic carbocycles. The summed E-state index contributed by atoms with van der Waals surface area (Å²) in [7, 11) is 1.62. The summed E-state index contributed by atoms with van der Waals surface area (Å²) >= 11 is 7.40. The van der Waals surface area contributed by atoms with E-state index in [0.717, 1.165) is 32.5 Å². The number of cyclic esters (lactones) is 1. The molecule has 164 valence electrons. The Morgan fingerprint density at radius 3 is 2.47 bits per heavy atom. The van der Waals surface area contributed by atoms with Crippen molar-refractivity contribution in [2.45, 2.75) is 31.0 Å². The fraction of sp³-hybridized carbons (Fsp3) is 0.200. The van der Waals surface area contributed by atoms with Crippen molar-refractivity contribution >= 4 is 46.1 Å². The van der Waals surface area contributed by atoms with Gasteiger partial charge < -0.3 is 14.2 Å². The molecular weight excluding hydrogens is 448 g/mol. The number of fused-ring (bicyclic) bond motifs is 1. The van der Waals surface area contributed by atoms with Gasteiger partial charge in [-0.2, -0.15) is 0 Å². The summed E-state index contributed by atoms with van der Waals surface area (Å²) in [6.45, 7) is 3.74. The van der Waals surface area contributed by atoms with E-state index in [1.807, 2.05) is 67.6 Å². The van der Waals surface area contributed by atoms with Crippen LogP contribution in [0, 0.1) is 6.92 Å². The predicted molar refractivity (Wildman–Crippen MR) is 125 cm³/mol. The van der Waals surface area contributed by atoms with Crippen LogP contribution < -0.4 is 4.74 Å². The van der Waals surface area contributed by atoms with Gasteiger partial charge >= 0.3 is 11.9 Å². The minimum absolute atomic E-state index is 0.0688. The lowest BCUT2D eigenvalue weighted by Crippen LogP contribution is -2.23. The number of aryl methyl sites for hydroxylation is 1. The molecule has 7 heteroatoms. The van der Waals surface area contributed by atoms with Gasteiger partial charge in [-0.1, -0.05) is 65.3 Å². The third kappa shape index (κ3) is 4.61. The molecule has 0 bridgehead atoms. The fourth-order valence-corrected chi connectivity index (χ4v) is 4.43. The molecule has 3 aromatic rings. The van der Waals surface area contributed by atoms with Crippen LogP contribution in [-0.4, -0.2) is 25.3 Å². The van der Waals surface area contributed by atoms with Crippen molar-refractivity contribution in [1.82, 2.24) is 0 Å². The van der Waals surface area contributed by atoms with Crippen molar-refractivity contribution in [3.05, 3.63) is 81.7 Å². The largest absolute Gasteiger partial charge is 0.497 e. The van der Waals surface area contributed by atoms with Crippen LogP contribution in [0.5, 0.6) is 5.75 Å². The molecule has 4 rings (SSSR count). The quantitative estimate of drug-likeness (QED) is 0.418. The summed E-state index contributed by atoms with van der Waals surface area (Å²) in [5.74, 6) is -1.01. The van der Waals surface area contributed by atoms with Gasteiger partial charge in [0.25, 0.3) is 6.29 Å². The van der Waals surface area contributed by atoms with Gasteiger partial charge in [-0.05, 0) is 54.4 Å². The zero-order chi connectivity index (χ0) is 22.8. The first-order chi connectivity index (χ1) is 15.4. The molecule has 5 nitrogen and oxygen atoms in total. The summed E-state index contributed by atoms with van der Waals surface area (Å²) in [6, 6.07) is 19.2. The number of halogens is 1. The lowest BCUT2D eigenvalue weighted by Gasteiger charge is -2.18. The monoisotopic (exact) mass is 468 g/mol. The number of carbonyl (C=O) groups excluding carboxylic acids is 2. The van der Waals surface area contributed by atoms with E-state index in [1.165, 1.54) is 11.8 Å². The number of esters is 2. The second kappa shape index (κ2) is 9.27. The maximum Gasteiger partial charge on any atom is 0.354 e. The van der Waals surface area contributed by atoms with Gasteiger partial charge in [0, 0.05) is 4.90 Å². The third-order valence-corrected chi connectivity index (χ3v) is 6.82. The van der Waals surface area contributed by atoms with E-state index < -0.39 is 24.1 Å². The molecule has 0 saturated carbocycles. The highest BCUT2D eigenvalue weighted by Gasteiger charge is 2.37. The molecule has 0 fully saturated rings.